The fourth-order valence-electron chi connectivity index (χ4n) is 2.98. The number of hydrogen-bond acceptors (Lipinski definition) is 4. The van der Waals surface area contributed by atoms with Crippen LogP contribution in [0.25, 0.3) is 0 Å². The number of likely N-dealkylation sites (tertiary alicyclic amines) is 1. The molecule has 3 N–H and O–H groups in total. The lowest BCUT2D eigenvalue weighted by Gasteiger charge is -2.36. The van der Waals surface area contributed by atoms with E-state index in [2.05, 4.69) is 5.32 Å². The van der Waals surface area contributed by atoms with E-state index < -0.39 is 0 Å². The van der Waals surface area contributed by atoms with E-state index in [1.807, 2.05) is 30.0 Å². The maximum atomic E-state index is 12.9. The second-order valence-corrected chi connectivity index (χ2v) is 5.95. The number of nitrogens with zero attached hydrogens (tertiary/aromatic N) is 1. The summed E-state index contributed by atoms with van der Waals surface area (Å²) in [6.07, 6.45) is 3.28. The molecule has 0 spiro atoms. The lowest BCUT2D eigenvalue weighted by Crippen LogP contribution is -2.49. The molecule has 6 heteroatoms. The first-order valence-electron chi connectivity index (χ1n) is 8.66. The summed E-state index contributed by atoms with van der Waals surface area (Å²) >= 11 is 0. The van der Waals surface area contributed by atoms with Gasteiger partial charge in [-0.2, -0.15) is 0 Å². The summed E-state index contributed by atoms with van der Waals surface area (Å²) in [6.45, 7) is 4.02. The maximum absolute atomic E-state index is 12.9. The van der Waals surface area contributed by atoms with Gasteiger partial charge in [0.1, 0.15) is 5.75 Å². The zero-order chi connectivity index (χ0) is 17.4. The van der Waals surface area contributed by atoms with Crippen molar-refractivity contribution >= 4 is 11.8 Å². The van der Waals surface area contributed by atoms with E-state index in [0.29, 0.717) is 37.4 Å². The van der Waals surface area contributed by atoms with Gasteiger partial charge in [-0.25, -0.2) is 0 Å². The van der Waals surface area contributed by atoms with Crippen molar-refractivity contribution in [1.29, 1.82) is 0 Å². The fourth-order valence-corrected chi connectivity index (χ4v) is 2.98. The molecule has 1 aliphatic rings. The highest BCUT2D eigenvalue weighted by Gasteiger charge is 2.27. The second-order valence-electron chi connectivity index (χ2n) is 5.95. The largest absolute Gasteiger partial charge is 0.494 e. The summed E-state index contributed by atoms with van der Waals surface area (Å²) < 4.78 is 5.48. The van der Waals surface area contributed by atoms with Crippen molar-refractivity contribution in [3.05, 3.63) is 29.8 Å². The van der Waals surface area contributed by atoms with Gasteiger partial charge in [-0.15, -0.1) is 0 Å². The van der Waals surface area contributed by atoms with Crippen LogP contribution in [-0.4, -0.2) is 49.0 Å². The Morgan fingerprint density at radius 2 is 2.21 bits per heavy atom. The summed E-state index contributed by atoms with van der Waals surface area (Å²) in [4.78, 5) is 26.4. The molecule has 1 aromatic rings. The van der Waals surface area contributed by atoms with Crippen LogP contribution in [0.2, 0.25) is 0 Å². The molecule has 6 nitrogen and oxygen atoms in total. The quantitative estimate of drug-likeness (QED) is 0.793. The van der Waals surface area contributed by atoms with Crippen molar-refractivity contribution in [2.75, 3.05) is 26.2 Å². The Bertz CT molecular complexity index is 562. The molecule has 0 aliphatic carbocycles. The molecular weight excluding hydrogens is 306 g/mol. The van der Waals surface area contributed by atoms with Gasteiger partial charge in [0.25, 0.3) is 5.91 Å². The first-order valence-corrected chi connectivity index (χ1v) is 8.66. The number of carbonyl (C=O) groups is 2. The van der Waals surface area contributed by atoms with Gasteiger partial charge in [0, 0.05) is 37.7 Å². The Kier molecular flexibility index (Phi) is 7.06. The molecule has 1 atom stereocenters. The summed E-state index contributed by atoms with van der Waals surface area (Å²) in [5.41, 5.74) is 6.02. The predicted octanol–water partition coefficient (Wildman–Crippen LogP) is 1.54. The molecule has 1 aromatic carbocycles. The van der Waals surface area contributed by atoms with Gasteiger partial charge >= 0.3 is 0 Å². The Morgan fingerprint density at radius 3 is 2.96 bits per heavy atom. The minimum atomic E-state index is -0.0613. The van der Waals surface area contributed by atoms with Crippen molar-refractivity contribution in [3.8, 4) is 5.75 Å². The zero-order valence-corrected chi connectivity index (χ0v) is 14.3. The van der Waals surface area contributed by atoms with E-state index in [1.54, 1.807) is 6.07 Å². The number of benzene rings is 1. The van der Waals surface area contributed by atoms with Gasteiger partial charge in [0.15, 0.2) is 0 Å². The van der Waals surface area contributed by atoms with E-state index in [4.69, 9.17) is 10.5 Å². The van der Waals surface area contributed by atoms with E-state index in [0.717, 1.165) is 25.8 Å². The van der Waals surface area contributed by atoms with Gasteiger partial charge < -0.3 is 20.7 Å². The number of piperidine rings is 1. The van der Waals surface area contributed by atoms with Crippen molar-refractivity contribution in [2.24, 2.45) is 5.73 Å². The van der Waals surface area contributed by atoms with Crippen LogP contribution in [0.15, 0.2) is 24.3 Å². The van der Waals surface area contributed by atoms with Crippen LogP contribution in [0.5, 0.6) is 5.75 Å². The SMILES string of the molecule is CCOc1cccc(C(=O)N2CCCCC2CNC(=O)CCN)c1. The van der Waals surface area contributed by atoms with Crippen LogP contribution in [0.4, 0.5) is 0 Å². The average molecular weight is 333 g/mol. The van der Waals surface area contributed by atoms with E-state index in [9.17, 15) is 9.59 Å². The topological polar surface area (TPSA) is 84.7 Å². The van der Waals surface area contributed by atoms with E-state index in [1.165, 1.54) is 0 Å². The summed E-state index contributed by atoms with van der Waals surface area (Å²) in [7, 11) is 0. The van der Waals surface area contributed by atoms with Crippen LogP contribution in [-0.2, 0) is 4.79 Å². The van der Waals surface area contributed by atoms with E-state index >= 15 is 0 Å². The Hall–Kier alpha value is -2.08. The lowest BCUT2D eigenvalue weighted by molar-refractivity contribution is -0.121. The number of nitrogens with one attached hydrogen (secondary N) is 1. The Morgan fingerprint density at radius 1 is 1.38 bits per heavy atom. The molecule has 0 radical (unpaired) electrons. The minimum Gasteiger partial charge on any atom is -0.494 e. The van der Waals surface area contributed by atoms with Crippen LogP contribution in [0.3, 0.4) is 0 Å². The van der Waals surface area contributed by atoms with Gasteiger partial charge in [0.2, 0.25) is 5.91 Å². The number of amides is 2. The molecular formula is C18H27N3O3. The molecule has 132 valence electrons. The molecule has 1 heterocycles. The molecule has 0 bridgehead atoms. The maximum Gasteiger partial charge on any atom is 0.254 e. The second kappa shape index (κ2) is 9.27. The third-order valence-electron chi connectivity index (χ3n) is 4.19. The highest BCUT2D eigenvalue weighted by atomic mass is 16.5. The predicted molar refractivity (Wildman–Crippen MR) is 93.0 cm³/mol. The number of ether oxygens (including phenoxy) is 1. The number of nitrogens with two attached hydrogens (primary N) is 1. The van der Waals surface area contributed by atoms with Crippen molar-refractivity contribution in [1.82, 2.24) is 10.2 Å². The van der Waals surface area contributed by atoms with Gasteiger partial charge in [0.05, 0.1) is 6.61 Å². The smallest absolute Gasteiger partial charge is 0.254 e. The molecule has 2 rings (SSSR count). The van der Waals surface area contributed by atoms with Gasteiger partial charge in [-0.05, 0) is 44.4 Å². The van der Waals surface area contributed by atoms with Gasteiger partial charge in [-0.3, -0.25) is 9.59 Å². The standard InChI is InChI=1S/C18H27N3O3/c1-2-24-16-8-5-6-14(12-16)18(23)21-11-4-3-7-15(21)13-20-17(22)9-10-19/h5-6,8,12,15H,2-4,7,9-11,13,19H2,1H3,(H,20,22). The van der Waals surface area contributed by atoms with Crippen LogP contribution < -0.4 is 15.8 Å². The van der Waals surface area contributed by atoms with Crippen molar-refractivity contribution in [2.45, 2.75) is 38.6 Å². The number of rotatable bonds is 7. The molecule has 1 unspecified atom stereocenters. The third kappa shape index (κ3) is 4.96. The monoisotopic (exact) mass is 333 g/mol. The molecule has 1 aliphatic heterocycles. The molecule has 0 aromatic heterocycles. The van der Waals surface area contributed by atoms with Crippen LogP contribution in [0.1, 0.15) is 43.0 Å². The van der Waals surface area contributed by atoms with Crippen LogP contribution >= 0.6 is 0 Å². The molecule has 2 amide bonds. The van der Waals surface area contributed by atoms with Crippen molar-refractivity contribution < 1.29 is 14.3 Å². The number of carbonyl (C=O) groups excluding carboxylic acids is 2. The molecule has 1 fully saturated rings. The average Bonchev–Trinajstić information content (AvgIpc) is 2.60. The van der Waals surface area contributed by atoms with Crippen LogP contribution in [0, 0.1) is 0 Å². The molecule has 1 saturated heterocycles. The number of hydrogen-bond donors (Lipinski definition) is 2. The normalized spacial score (nSPS) is 17.4. The first-order chi connectivity index (χ1) is 11.7. The first kappa shape index (κ1) is 18.3. The van der Waals surface area contributed by atoms with Gasteiger partial charge in [-0.1, -0.05) is 6.07 Å². The Labute approximate surface area is 143 Å². The Balaban J connectivity index is 2.04. The highest BCUT2D eigenvalue weighted by Crippen LogP contribution is 2.21. The zero-order valence-electron chi connectivity index (χ0n) is 14.3. The lowest BCUT2D eigenvalue weighted by atomic mass is 10.0. The molecule has 0 saturated carbocycles. The fraction of sp³-hybridized carbons (Fsp3) is 0.556. The highest BCUT2D eigenvalue weighted by molar-refractivity contribution is 5.95. The summed E-state index contributed by atoms with van der Waals surface area (Å²) in [6, 6.07) is 7.30. The summed E-state index contributed by atoms with van der Waals surface area (Å²) in [5, 5.41) is 2.88. The third-order valence-corrected chi connectivity index (χ3v) is 4.19. The molecule has 24 heavy (non-hydrogen) atoms. The minimum absolute atomic E-state index is 0.00525. The summed E-state index contributed by atoms with van der Waals surface area (Å²) in [5.74, 6) is 0.635. The van der Waals surface area contributed by atoms with E-state index in [-0.39, 0.29) is 17.9 Å². The van der Waals surface area contributed by atoms with Crippen molar-refractivity contribution in [3.63, 3.8) is 0 Å².